The number of hydrogen-bond donors (Lipinski definition) is 2. The van der Waals surface area contributed by atoms with E-state index in [1.54, 1.807) is 6.07 Å². The summed E-state index contributed by atoms with van der Waals surface area (Å²) in [6.07, 6.45) is 6.19. The van der Waals surface area contributed by atoms with Crippen molar-refractivity contribution in [2.24, 2.45) is 0 Å². The molecule has 10 nitrogen and oxygen atoms in total. The van der Waals surface area contributed by atoms with Crippen LogP contribution in [0.25, 0.3) is 11.0 Å². The molecule has 31 heavy (non-hydrogen) atoms. The number of nitriles is 1. The maximum atomic E-state index is 11.4. The molecule has 0 saturated carbocycles. The molecule has 1 aromatic carbocycles. The Balaban J connectivity index is 0.000000210. The van der Waals surface area contributed by atoms with Gasteiger partial charge in [-0.2, -0.15) is 10.2 Å². The van der Waals surface area contributed by atoms with Gasteiger partial charge >= 0.3 is 0 Å². The second-order valence-corrected chi connectivity index (χ2v) is 6.69. The van der Waals surface area contributed by atoms with E-state index in [-0.39, 0.29) is 23.3 Å². The number of piperidine rings is 1. The zero-order chi connectivity index (χ0) is 22.2. The zero-order valence-corrected chi connectivity index (χ0v) is 17.2. The summed E-state index contributed by atoms with van der Waals surface area (Å²) in [5.41, 5.74) is 6.77. The molecule has 1 aliphatic heterocycles. The predicted molar refractivity (Wildman–Crippen MR) is 117 cm³/mol. The summed E-state index contributed by atoms with van der Waals surface area (Å²) in [6.45, 7) is 5.46. The molecular formula is C21H23N7O3. The quantitative estimate of drug-likeness (QED) is 0.608. The molecule has 4 rings (SSSR count). The summed E-state index contributed by atoms with van der Waals surface area (Å²) in [5.74, 6) is 0.920. The largest absolute Gasteiger partial charge is 0.480 e. The molecule has 0 unspecified atom stereocenters. The van der Waals surface area contributed by atoms with Gasteiger partial charge in [0, 0.05) is 13.1 Å². The number of nitrogens with zero attached hydrogens (tertiary/aromatic N) is 5. The topological polar surface area (TPSA) is 143 Å². The Hall–Kier alpha value is -4.13. The molecular weight excluding hydrogens is 398 g/mol. The Morgan fingerprint density at radius 2 is 2.16 bits per heavy atom. The van der Waals surface area contributed by atoms with E-state index in [9.17, 15) is 4.79 Å². The number of fused-ring (bicyclic) bond motifs is 1. The third-order valence-electron chi connectivity index (χ3n) is 4.66. The Bertz CT molecular complexity index is 1110. The normalized spacial score (nSPS) is 13.0. The fourth-order valence-corrected chi connectivity index (χ4v) is 3.18. The minimum Gasteiger partial charge on any atom is -0.480 e. The van der Waals surface area contributed by atoms with Gasteiger partial charge in [-0.15, -0.1) is 0 Å². The van der Waals surface area contributed by atoms with Crippen LogP contribution in [0.5, 0.6) is 5.88 Å². The van der Waals surface area contributed by atoms with E-state index in [0.29, 0.717) is 11.3 Å². The SMILES string of the molecule is C=CC(=O)Nc1cccc2c(N3CCCCC3)noc12.COc1nc(N)ncc1C#N. The van der Waals surface area contributed by atoms with Gasteiger partial charge in [0.05, 0.1) is 24.4 Å². The van der Waals surface area contributed by atoms with Crippen LogP contribution in [0.2, 0.25) is 0 Å². The highest BCUT2D eigenvalue weighted by Gasteiger charge is 2.19. The third-order valence-corrected chi connectivity index (χ3v) is 4.66. The molecule has 2 aromatic heterocycles. The van der Waals surface area contributed by atoms with Crippen LogP contribution in [0.1, 0.15) is 24.8 Å². The number of anilines is 3. The van der Waals surface area contributed by atoms with Crippen molar-refractivity contribution in [2.75, 3.05) is 36.1 Å². The molecule has 1 aliphatic rings. The number of nitrogens with one attached hydrogen (secondary N) is 1. The monoisotopic (exact) mass is 421 g/mol. The van der Waals surface area contributed by atoms with Gasteiger partial charge < -0.3 is 25.2 Å². The van der Waals surface area contributed by atoms with Crippen LogP contribution in [0, 0.1) is 11.3 Å². The number of rotatable bonds is 4. The molecule has 1 amide bonds. The Morgan fingerprint density at radius 1 is 1.39 bits per heavy atom. The number of aromatic nitrogens is 3. The number of carbonyl (C=O) groups excluding carboxylic acids is 1. The average Bonchev–Trinajstić information content (AvgIpc) is 3.25. The molecule has 1 fully saturated rings. The maximum absolute atomic E-state index is 11.4. The van der Waals surface area contributed by atoms with E-state index in [0.717, 1.165) is 24.3 Å². The molecule has 3 heterocycles. The first-order valence-electron chi connectivity index (χ1n) is 9.70. The second kappa shape index (κ2) is 10.1. The van der Waals surface area contributed by atoms with Crippen molar-refractivity contribution in [3.8, 4) is 11.9 Å². The van der Waals surface area contributed by atoms with E-state index >= 15 is 0 Å². The van der Waals surface area contributed by atoms with Crippen LogP contribution in [0.4, 0.5) is 17.5 Å². The maximum Gasteiger partial charge on any atom is 0.247 e. The van der Waals surface area contributed by atoms with Gasteiger partial charge in [-0.05, 0) is 37.5 Å². The van der Waals surface area contributed by atoms with Gasteiger partial charge in [-0.25, -0.2) is 4.98 Å². The summed E-state index contributed by atoms with van der Waals surface area (Å²) in [7, 11) is 1.42. The van der Waals surface area contributed by atoms with Crippen molar-refractivity contribution in [3.63, 3.8) is 0 Å². The summed E-state index contributed by atoms with van der Waals surface area (Å²) in [5, 5.41) is 16.4. The number of methoxy groups -OCH3 is 1. The second-order valence-electron chi connectivity index (χ2n) is 6.69. The van der Waals surface area contributed by atoms with E-state index < -0.39 is 0 Å². The first-order valence-corrected chi connectivity index (χ1v) is 9.70. The van der Waals surface area contributed by atoms with E-state index in [2.05, 4.69) is 31.9 Å². The Morgan fingerprint density at radius 3 is 2.84 bits per heavy atom. The number of carbonyl (C=O) groups is 1. The van der Waals surface area contributed by atoms with Crippen molar-refractivity contribution in [2.45, 2.75) is 19.3 Å². The van der Waals surface area contributed by atoms with Crippen molar-refractivity contribution < 1.29 is 14.1 Å². The number of ether oxygens (including phenoxy) is 1. The van der Waals surface area contributed by atoms with Crippen LogP contribution in [0.15, 0.2) is 41.6 Å². The van der Waals surface area contributed by atoms with Gasteiger partial charge in [0.1, 0.15) is 11.6 Å². The number of nitrogens with two attached hydrogens (primary N) is 1. The van der Waals surface area contributed by atoms with Crippen molar-refractivity contribution in [3.05, 3.63) is 42.6 Å². The molecule has 0 aliphatic carbocycles. The summed E-state index contributed by atoms with van der Waals surface area (Å²) in [6, 6.07) is 7.53. The van der Waals surface area contributed by atoms with E-state index in [1.807, 2.05) is 18.2 Å². The highest BCUT2D eigenvalue weighted by molar-refractivity contribution is 6.06. The zero-order valence-electron chi connectivity index (χ0n) is 17.2. The first kappa shape index (κ1) is 21.6. The molecule has 10 heteroatoms. The molecule has 3 aromatic rings. The number of amides is 1. The fraction of sp³-hybridized carbons (Fsp3) is 0.286. The van der Waals surface area contributed by atoms with Crippen LogP contribution < -0.4 is 20.7 Å². The van der Waals surface area contributed by atoms with Gasteiger partial charge in [0.25, 0.3) is 0 Å². The molecule has 0 spiro atoms. The van der Waals surface area contributed by atoms with Crippen molar-refractivity contribution in [1.29, 1.82) is 5.26 Å². The summed E-state index contributed by atoms with van der Waals surface area (Å²) >= 11 is 0. The lowest BCUT2D eigenvalue weighted by Crippen LogP contribution is -2.29. The first-order chi connectivity index (χ1) is 15.1. The minimum absolute atomic E-state index is 0.0980. The number of para-hydroxylation sites is 1. The van der Waals surface area contributed by atoms with Crippen LogP contribution in [-0.2, 0) is 4.79 Å². The van der Waals surface area contributed by atoms with Gasteiger partial charge in [0.15, 0.2) is 11.4 Å². The summed E-state index contributed by atoms with van der Waals surface area (Å²) < 4.78 is 10.2. The molecule has 0 bridgehead atoms. The Kier molecular flexibility index (Phi) is 7.01. The van der Waals surface area contributed by atoms with Crippen LogP contribution >= 0.6 is 0 Å². The van der Waals surface area contributed by atoms with Gasteiger partial charge in [-0.3, -0.25) is 4.79 Å². The molecule has 0 atom stereocenters. The van der Waals surface area contributed by atoms with Gasteiger partial charge in [0.2, 0.25) is 17.7 Å². The minimum atomic E-state index is -0.256. The summed E-state index contributed by atoms with van der Waals surface area (Å²) in [4.78, 5) is 21.0. The molecule has 1 saturated heterocycles. The highest BCUT2D eigenvalue weighted by Crippen LogP contribution is 2.32. The lowest BCUT2D eigenvalue weighted by atomic mass is 10.1. The highest BCUT2D eigenvalue weighted by atomic mass is 16.5. The van der Waals surface area contributed by atoms with Crippen molar-refractivity contribution in [1.82, 2.24) is 15.1 Å². The lowest BCUT2D eigenvalue weighted by Gasteiger charge is -2.26. The Labute approximate surface area is 179 Å². The number of nitrogen functional groups attached to an aromatic ring is 1. The molecule has 3 N–H and O–H groups in total. The predicted octanol–water partition coefficient (Wildman–Crippen LogP) is 2.88. The number of hydrogen-bond acceptors (Lipinski definition) is 9. The molecule has 160 valence electrons. The van der Waals surface area contributed by atoms with Crippen LogP contribution in [0.3, 0.4) is 0 Å². The lowest BCUT2D eigenvalue weighted by molar-refractivity contribution is -0.111. The average molecular weight is 421 g/mol. The van der Waals surface area contributed by atoms with Crippen LogP contribution in [-0.4, -0.2) is 41.2 Å². The van der Waals surface area contributed by atoms with E-state index in [1.165, 1.54) is 38.6 Å². The number of benzene rings is 1. The fourth-order valence-electron chi connectivity index (χ4n) is 3.18. The van der Waals surface area contributed by atoms with Gasteiger partial charge in [-0.1, -0.05) is 17.8 Å². The smallest absolute Gasteiger partial charge is 0.247 e. The molecule has 0 radical (unpaired) electrons. The third kappa shape index (κ3) is 5.08. The standard InChI is InChI=1S/C15H17N3O2.C6H6N4O/c1-2-13(19)16-12-8-6-7-11-14(12)20-17-15(11)18-9-4-3-5-10-18;1-11-5-4(2-7)3-9-6(8)10-5/h2,6-8H,1,3-5,9-10H2,(H,16,19);3H,1H3,(H2,8,9,10). The van der Waals surface area contributed by atoms with E-state index in [4.69, 9.17) is 20.3 Å². The van der Waals surface area contributed by atoms with Crippen molar-refractivity contribution >= 4 is 34.3 Å².